The summed E-state index contributed by atoms with van der Waals surface area (Å²) >= 11 is 0. The molecule has 1 aliphatic rings. The molecule has 17 heteroatoms. The maximum atomic E-state index is 13.7. The minimum absolute atomic E-state index is 0.00766. The number of carbonyl (C=O) groups is 2. The van der Waals surface area contributed by atoms with Crippen molar-refractivity contribution in [3.63, 3.8) is 0 Å². The number of nitrogens with zero attached hydrogens (tertiary/aromatic N) is 4. The minimum Gasteiger partial charge on any atom is -0.481 e. The summed E-state index contributed by atoms with van der Waals surface area (Å²) in [6, 6.07) is 4.26. The highest BCUT2D eigenvalue weighted by atomic mass is 19.4. The number of hydrogen-bond acceptors (Lipinski definition) is 9. The topological polar surface area (TPSA) is 167 Å². The molecular weight excluding hydrogens is 650 g/mol. The Morgan fingerprint density at radius 1 is 1.04 bits per heavy atom. The van der Waals surface area contributed by atoms with Crippen molar-refractivity contribution >= 4 is 23.6 Å². The Morgan fingerprint density at radius 3 is 2.23 bits per heavy atom. The quantitative estimate of drug-likeness (QED) is 0.214. The number of amides is 1. The Labute approximate surface area is 271 Å². The van der Waals surface area contributed by atoms with Crippen LogP contribution in [-0.4, -0.2) is 51.5 Å². The highest BCUT2D eigenvalue weighted by Gasteiger charge is 2.47. The molecule has 3 aromatic rings. The van der Waals surface area contributed by atoms with Crippen LogP contribution in [0.3, 0.4) is 0 Å². The van der Waals surface area contributed by atoms with Gasteiger partial charge in [0.15, 0.2) is 0 Å². The predicted molar refractivity (Wildman–Crippen MR) is 160 cm³/mol. The predicted octanol–water partition coefficient (Wildman–Crippen LogP) is 6.06. The Balaban J connectivity index is 1.93. The molecule has 1 amide bonds. The van der Waals surface area contributed by atoms with Gasteiger partial charge >= 0.3 is 24.4 Å². The number of aromatic nitrogens is 3. The molecule has 48 heavy (non-hydrogen) atoms. The van der Waals surface area contributed by atoms with Crippen molar-refractivity contribution in [1.82, 2.24) is 15.0 Å². The van der Waals surface area contributed by atoms with Gasteiger partial charge in [-0.25, -0.2) is 19.7 Å². The summed E-state index contributed by atoms with van der Waals surface area (Å²) in [4.78, 5) is 39.2. The van der Waals surface area contributed by atoms with E-state index in [0.29, 0.717) is 12.1 Å². The Morgan fingerprint density at radius 2 is 1.69 bits per heavy atom. The highest BCUT2D eigenvalue weighted by molar-refractivity contribution is 5.91. The Hall–Kier alpha value is -4.67. The first-order chi connectivity index (χ1) is 22.4. The lowest BCUT2D eigenvalue weighted by Crippen LogP contribution is -2.61. The molecule has 0 spiro atoms. The van der Waals surface area contributed by atoms with Crippen molar-refractivity contribution in [3.05, 3.63) is 69.8 Å². The van der Waals surface area contributed by atoms with Crippen LogP contribution in [0.25, 0.3) is 0 Å². The van der Waals surface area contributed by atoms with Crippen molar-refractivity contribution in [1.29, 1.82) is 0 Å². The molecule has 260 valence electrons. The molecule has 1 aliphatic heterocycles. The lowest BCUT2D eigenvalue weighted by Gasteiger charge is -2.46. The molecule has 0 aliphatic carbocycles. The SMILES string of the molecule is CCOC(=O)N1c2ccc(OC)nc2[C@@H](c2nc(N)c(CCCC(=O)O)c(Cc3cc(C(F)(F)F)cc(C(F)(F)F)c3)n2)C[C@@]1(N)CC. The number of carbonyl (C=O) groups excluding carboxylic acids is 1. The van der Waals surface area contributed by atoms with Gasteiger partial charge in [-0.2, -0.15) is 26.3 Å². The maximum Gasteiger partial charge on any atom is 0.416 e. The van der Waals surface area contributed by atoms with Gasteiger partial charge in [-0.3, -0.25) is 9.69 Å². The zero-order valence-electron chi connectivity index (χ0n) is 26.2. The molecule has 4 rings (SSSR count). The zero-order chi connectivity index (χ0) is 35.6. The Kier molecular flexibility index (Phi) is 10.4. The first-order valence-corrected chi connectivity index (χ1v) is 14.9. The van der Waals surface area contributed by atoms with Gasteiger partial charge in [-0.15, -0.1) is 0 Å². The van der Waals surface area contributed by atoms with E-state index in [1.165, 1.54) is 18.1 Å². The van der Waals surface area contributed by atoms with Crippen molar-refractivity contribution in [3.8, 4) is 5.88 Å². The van der Waals surface area contributed by atoms with E-state index >= 15 is 0 Å². The van der Waals surface area contributed by atoms with E-state index in [-0.39, 0.29) is 90.5 Å². The smallest absolute Gasteiger partial charge is 0.416 e. The largest absolute Gasteiger partial charge is 0.481 e. The van der Waals surface area contributed by atoms with E-state index in [0.717, 1.165) is 0 Å². The number of alkyl halides is 6. The van der Waals surface area contributed by atoms with Crippen LogP contribution in [0.2, 0.25) is 0 Å². The molecule has 0 fully saturated rings. The molecule has 2 atom stereocenters. The van der Waals surface area contributed by atoms with Crippen LogP contribution < -0.4 is 21.1 Å². The number of rotatable bonds is 10. The van der Waals surface area contributed by atoms with Gasteiger partial charge in [-0.1, -0.05) is 6.92 Å². The third kappa shape index (κ3) is 7.72. The summed E-state index contributed by atoms with van der Waals surface area (Å²) < 4.78 is 92.6. The fraction of sp³-hybridized carbons (Fsp3) is 0.452. The summed E-state index contributed by atoms with van der Waals surface area (Å²) in [5, 5.41) is 9.15. The van der Waals surface area contributed by atoms with Crippen LogP contribution in [0.4, 0.5) is 42.6 Å². The maximum absolute atomic E-state index is 13.7. The second-order valence-electron chi connectivity index (χ2n) is 11.2. The summed E-state index contributed by atoms with van der Waals surface area (Å²) in [5.74, 6) is -2.01. The van der Waals surface area contributed by atoms with Gasteiger partial charge in [0.05, 0.1) is 47.8 Å². The molecule has 0 saturated carbocycles. The number of carboxylic acids is 1. The molecule has 2 aromatic heterocycles. The van der Waals surface area contributed by atoms with Crippen LogP contribution in [0.15, 0.2) is 30.3 Å². The number of halogens is 6. The number of ether oxygens (including phenoxy) is 2. The molecule has 1 aromatic carbocycles. The van der Waals surface area contributed by atoms with Gasteiger partial charge in [0.2, 0.25) is 5.88 Å². The number of nitrogens with two attached hydrogens (primary N) is 2. The van der Waals surface area contributed by atoms with Crippen LogP contribution in [-0.2, 0) is 34.7 Å². The van der Waals surface area contributed by atoms with Crippen LogP contribution in [0, 0.1) is 0 Å². The molecule has 0 bridgehead atoms. The minimum atomic E-state index is -5.08. The van der Waals surface area contributed by atoms with E-state index in [2.05, 4.69) is 15.0 Å². The van der Waals surface area contributed by atoms with E-state index in [1.807, 2.05) is 0 Å². The second kappa shape index (κ2) is 13.8. The Bertz CT molecular complexity index is 1650. The summed E-state index contributed by atoms with van der Waals surface area (Å²) in [7, 11) is 1.37. The van der Waals surface area contributed by atoms with Crippen LogP contribution >= 0.6 is 0 Å². The third-order valence-corrected chi connectivity index (χ3v) is 8.01. The summed E-state index contributed by atoms with van der Waals surface area (Å²) in [6.45, 7) is 3.42. The highest BCUT2D eigenvalue weighted by Crippen LogP contribution is 2.46. The normalized spacial score (nSPS) is 18.0. The average Bonchev–Trinajstić information content (AvgIpc) is 3.00. The van der Waals surface area contributed by atoms with E-state index in [9.17, 15) is 35.9 Å². The van der Waals surface area contributed by atoms with E-state index in [1.54, 1.807) is 19.9 Å². The monoisotopic (exact) mass is 684 g/mol. The standard InChI is InChI=1S/C31H34F6N6O5/c1-4-29(39)15-20(25-22(9-10-23(41-25)47-3)43(29)28(46)48-5-2)27-40-21(19(26(38)42-27)7-6-8-24(44)45)13-16-11-17(30(32,33)34)14-18(12-16)31(35,36)37/h9-12,14,20H,4-8,13,15,39H2,1-3H3,(H,44,45)(H2,38,40,42)/t20-,29+/m0/s1. The van der Waals surface area contributed by atoms with Gasteiger partial charge in [0.25, 0.3) is 0 Å². The molecule has 5 N–H and O–H groups in total. The second-order valence-corrected chi connectivity index (χ2v) is 11.2. The lowest BCUT2D eigenvalue weighted by molar-refractivity contribution is -0.143. The number of pyridine rings is 1. The fourth-order valence-electron chi connectivity index (χ4n) is 5.65. The number of anilines is 2. The first-order valence-electron chi connectivity index (χ1n) is 14.9. The fourth-order valence-corrected chi connectivity index (χ4v) is 5.65. The number of methoxy groups -OCH3 is 1. The van der Waals surface area contributed by atoms with Gasteiger partial charge in [0, 0.05) is 24.5 Å². The molecular formula is C31H34F6N6O5. The van der Waals surface area contributed by atoms with E-state index in [4.69, 9.17) is 26.0 Å². The molecule has 0 radical (unpaired) electrons. The number of carboxylic acid groups (broad SMARTS) is 1. The molecule has 11 nitrogen and oxygen atoms in total. The zero-order valence-corrected chi connectivity index (χ0v) is 26.2. The number of aliphatic carboxylic acids is 1. The number of nitrogen functional groups attached to an aromatic ring is 1. The summed E-state index contributed by atoms with van der Waals surface area (Å²) in [6.07, 6.45) is -11.5. The first kappa shape index (κ1) is 36.2. The van der Waals surface area contributed by atoms with E-state index < -0.39 is 53.5 Å². The number of benzene rings is 1. The molecule has 3 heterocycles. The number of fused-ring (bicyclic) bond motifs is 1. The van der Waals surface area contributed by atoms with Crippen LogP contribution in [0.1, 0.15) is 84.9 Å². The van der Waals surface area contributed by atoms with Crippen molar-refractivity contribution in [2.75, 3.05) is 24.4 Å². The van der Waals surface area contributed by atoms with Gasteiger partial charge < -0.3 is 26.0 Å². The average molecular weight is 685 g/mol. The van der Waals surface area contributed by atoms with Gasteiger partial charge in [0.1, 0.15) is 17.3 Å². The number of hydrogen-bond donors (Lipinski definition) is 3. The van der Waals surface area contributed by atoms with Crippen molar-refractivity contribution in [2.24, 2.45) is 5.73 Å². The molecule has 0 saturated heterocycles. The van der Waals surface area contributed by atoms with Crippen LogP contribution in [0.5, 0.6) is 5.88 Å². The molecule has 0 unspecified atom stereocenters. The lowest BCUT2D eigenvalue weighted by atomic mass is 9.83. The van der Waals surface area contributed by atoms with Gasteiger partial charge in [-0.05, 0) is 62.4 Å². The van der Waals surface area contributed by atoms with Crippen molar-refractivity contribution < 1.29 is 50.5 Å². The summed E-state index contributed by atoms with van der Waals surface area (Å²) in [5.41, 5.74) is 9.06. The van der Waals surface area contributed by atoms with Crippen molar-refractivity contribution in [2.45, 2.75) is 76.3 Å². The third-order valence-electron chi connectivity index (χ3n) is 8.01.